The van der Waals surface area contributed by atoms with Crippen molar-refractivity contribution < 1.29 is 4.74 Å². The Kier molecular flexibility index (Phi) is 3.67. The third-order valence-electron chi connectivity index (χ3n) is 3.40. The van der Waals surface area contributed by atoms with Crippen molar-refractivity contribution in [3.8, 4) is 5.75 Å². The van der Waals surface area contributed by atoms with Crippen LogP contribution in [0.2, 0.25) is 0 Å². The predicted molar refractivity (Wildman–Crippen MR) is 76.1 cm³/mol. The maximum absolute atomic E-state index is 6.10. The SMILES string of the molecule is Cc1ccc2c(c1)OC(C)(C)CC2NCC(C)C. The molecule has 0 fully saturated rings. The number of benzene rings is 1. The second-order valence-corrected chi connectivity index (χ2v) is 6.46. The van der Waals surface area contributed by atoms with Crippen LogP contribution in [0, 0.1) is 12.8 Å². The van der Waals surface area contributed by atoms with Gasteiger partial charge in [0, 0.05) is 18.0 Å². The van der Waals surface area contributed by atoms with Crippen LogP contribution in [0.25, 0.3) is 0 Å². The van der Waals surface area contributed by atoms with Gasteiger partial charge in [0.25, 0.3) is 0 Å². The number of hydrogen-bond acceptors (Lipinski definition) is 2. The van der Waals surface area contributed by atoms with Gasteiger partial charge in [-0.25, -0.2) is 0 Å². The molecule has 1 aliphatic heterocycles. The zero-order valence-corrected chi connectivity index (χ0v) is 12.2. The monoisotopic (exact) mass is 247 g/mol. The van der Waals surface area contributed by atoms with Gasteiger partial charge in [0.05, 0.1) is 0 Å². The fourth-order valence-corrected chi connectivity index (χ4v) is 2.52. The topological polar surface area (TPSA) is 21.3 Å². The molecule has 18 heavy (non-hydrogen) atoms. The van der Waals surface area contributed by atoms with E-state index in [9.17, 15) is 0 Å². The number of nitrogens with one attached hydrogen (secondary N) is 1. The quantitative estimate of drug-likeness (QED) is 0.876. The Morgan fingerprint density at radius 2 is 2.11 bits per heavy atom. The number of ether oxygens (including phenoxy) is 1. The highest BCUT2D eigenvalue weighted by atomic mass is 16.5. The summed E-state index contributed by atoms with van der Waals surface area (Å²) in [6.07, 6.45) is 1.02. The fourth-order valence-electron chi connectivity index (χ4n) is 2.52. The zero-order chi connectivity index (χ0) is 13.3. The van der Waals surface area contributed by atoms with Crippen LogP contribution in [0.3, 0.4) is 0 Å². The second kappa shape index (κ2) is 4.93. The first kappa shape index (κ1) is 13.4. The standard InChI is InChI=1S/C16H25NO/c1-11(2)10-17-14-9-16(4,5)18-15-8-12(3)6-7-13(14)15/h6-8,11,14,17H,9-10H2,1-5H3. The van der Waals surface area contributed by atoms with Gasteiger partial charge in [0.2, 0.25) is 0 Å². The predicted octanol–water partition coefficient (Wildman–Crippen LogP) is 3.84. The number of rotatable bonds is 3. The largest absolute Gasteiger partial charge is 0.487 e. The summed E-state index contributed by atoms with van der Waals surface area (Å²) in [5.41, 5.74) is 2.48. The van der Waals surface area contributed by atoms with Crippen molar-refractivity contribution in [3.05, 3.63) is 29.3 Å². The average Bonchev–Trinajstić information content (AvgIpc) is 2.23. The smallest absolute Gasteiger partial charge is 0.125 e. The summed E-state index contributed by atoms with van der Waals surface area (Å²) < 4.78 is 6.10. The molecule has 2 heteroatoms. The van der Waals surface area contributed by atoms with Crippen molar-refractivity contribution >= 4 is 0 Å². The van der Waals surface area contributed by atoms with E-state index in [1.165, 1.54) is 11.1 Å². The molecule has 0 amide bonds. The molecule has 0 bridgehead atoms. The minimum atomic E-state index is -0.0879. The molecule has 1 N–H and O–H groups in total. The van der Waals surface area contributed by atoms with E-state index in [4.69, 9.17) is 4.74 Å². The Morgan fingerprint density at radius 3 is 2.78 bits per heavy atom. The van der Waals surface area contributed by atoms with Crippen LogP contribution in [-0.2, 0) is 0 Å². The van der Waals surface area contributed by atoms with Crippen LogP contribution in [0.4, 0.5) is 0 Å². The zero-order valence-electron chi connectivity index (χ0n) is 12.2. The lowest BCUT2D eigenvalue weighted by Crippen LogP contribution is -2.40. The first-order valence-corrected chi connectivity index (χ1v) is 6.90. The lowest BCUT2D eigenvalue weighted by Gasteiger charge is -2.38. The number of fused-ring (bicyclic) bond motifs is 1. The van der Waals surface area contributed by atoms with Crippen LogP contribution in [0.5, 0.6) is 5.75 Å². The van der Waals surface area contributed by atoms with E-state index in [1.807, 2.05) is 0 Å². The average molecular weight is 247 g/mol. The van der Waals surface area contributed by atoms with Crippen molar-refractivity contribution in [2.45, 2.75) is 52.7 Å². The minimum Gasteiger partial charge on any atom is -0.487 e. The van der Waals surface area contributed by atoms with Gasteiger partial charge in [0.1, 0.15) is 11.4 Å². The summed E-state index contributed by atoms with van der Waals surface area (Å²) >= 11 is 0. The van der Waals surface area contributed by atoms with Crippen molar-refractivity contribution in [1.29, 1.82) is 0 Å². The Labute approximate surface area is 111 Å². The molecule has 1 aromatic carbocycles. The van der Waals surface area contributed by atoms with Gasteiger partial charge in [-0.15, -0.1) is 0 Å². The molecule has 2 nitrogen and oxygen atoms in total. The van der Waals surface area contributed by atoms with Crippen LogP contribution < -0.4 is 10.1 Å². The van der Waals surface area contributed by atoms with E-state index >= 15 is 0 Å². The summed E-state index contributed by atoms with van der Waals surface area (Å²) in [5, 5.41) is 3.67. The van der Waals surface area contributed by atoms with E-state index in [-0.39, 0.29) is 5.60 Å². The molecule has 0 spiro atoms. The Morgan fingerprint density at radius 1 is 1.39 bits per heavy atom. The molecule has 1 aliphatic rings. The third kappa shape index (κ3) is 3.05. The summed E-state index contributed by atoms with van der Waals surface area (Å²) in [6.45, 7) is 12.0. The summed E-state index contributed by atoms with van der Waals surface area (Å²) in [5.74, 6) is 1.72. The molecule has 1 atom stereocenters. The van der Waals surface area contributed by atoms with Gasteiger partial charge in [-0.1, -0.05) is 26.0 Å². The normalized spacial score (nSPS) is 21.6. The highest BCUT2D eigenvalue weighted by Crippen LogP contribution is 2.39. The van der Waals surface area contributed by atoms with Gasteiger partial charge in [-0.05, 0) is 44.9 Å². The number of aryl methyl sites for hydroxylation is 1. The molecular formula is C16H25NO. The van der Waals surface area contributed by atoms with Crippen LogP contribution in [-0.4, -0.2) is 12.1 Å². The van der Waals surface area contributed by atoms with Crippen molar-refractivity contribution in [2.24, 2.45) is 5.92 Å². The van der Waals surface area contributed by atoms with E-state index < -0.39 is 0 Å². The molecular weight excluding hydrogens is 222 g/mol. The van der Waals surface area contributed by atoms with Gasteiger partial charge in [0.15, 0.2) is 0 Å². The maximum Gasteiger partial charge on any atom is 0.125 e. The van der Waals surface area contributed by atoms with Crippen molar-refractivity contribution in [1.82, 2.24) is 5.32 Å². The number of hydrogen-bond donors (Lipinski definition) is 1. The Balaban J connectivity index is 2.26. The van der Waals surface area contributed by atoms with Gasteiger partial charge in [-0.3, -0.25) is 0 Å². The summed E-state index contributed by atoms with van der Waals surface area (Å²) in [6, 6.07) is 6.94. The van der Waals surface area contributed by atoms with Crippen LogP contribution in [0.15, 0.2) is 18.2 Å². The van der Waals surface area contributed by atoms with E-state index in [2.05, 4.69) is 58.1 Å². The lowest BCUT2D eigenvalue weighted by atomic mass is 9.89. The summed E-state index contributed by atoms with van der Waals surface area (Å²) in [7, 11) is 0. The minimum absolute atomic E-state index is 0.0879. The van der Waals surface area contributed by atoms with E-state index in [0.29, 0.717) is 12.0 Å². The molecule has 1 unspecified atom stereocenters. The Hall–Kier alpha value is -1.02. The second-order valence-electron chi connectivity index (χ2n) is 6.46. The highest BCUT2D eigenvalue weighted by molar-refractivity contribution is 5.41. The molecule has 2 rings (SSSR count). The summed E-state index contributed by atoms with van der Waals surface area (Å²) in [4.78, 5) is 0. The molecule has 100 valence electrons. The van der Waals surface area contributed by atoms with Crippen LogP contribution >= 0.6 is 0 Å². The van der Waals surface area contributed by atoms with Gasteiger partial charge < -0.3 is 10.1 Å². The molecule has 1 aromatic rings. The van der Waals surface area contributed by atoms with E-state index in [1.54, 1.807) is 0 Å². The molecule has 0 radical (unpaired) electrons. The van der Waals surface area contributed by atoms with Crippen molar-refractivity contribution in [3.63, 3.8) is 0 Å². The lowest BCUT2D eigenvalue weighted by molar-refractivity contribution is 0.0654. The van der Waals surface area contributed by atoms with E-state index in [0.717, 1.165) is 18.7 Å². The molecule has 0 aliphatic carbocycles. The van der Waals surface area contributed by atoms with Crippen LogP contribution in [0.1, 0.15) is 51.3 Å². The highest BCUT2D eigenvalue weighted by Gasteiger charge is 2.33. The first-order valence-electron chi connectivity index (χ1n) is 6.90. The molecule has 0 saturated heterocycles. The van der Waals surface area contributed by atoms with Gasteiger partial charge in [-0.2, -0.15) is 0 Å². The Bertz CT molecular complexity index is 423. The molecule has 0 aromatic heterocycles. The molecule has 0 saturated carbocycles. The fraction of sp³-hybridized carbons (Fsp3) is 0.625. The van der Waals surface area contributed by atoms with Gasteiger partial charge >= 0.3 is 0 Å². The molecule has 1 heterocycles. The first-order chi connectivity index (χ1) is 8.37. The van der Waals surface area contributed by atoms with Crippen molar-refractivity contribution in [2.75, 3.05) is 6.54 Å². The maximum atomic E-state index is 6.10. The third-order valence-corrected chi connectivity index (χ3v) is 3.40.